The lowest BCUT2D eigenvalue weighted by atomic mass is 10.1. The summed E-state index contributed by atoms with van der Waals surface area (Å²) in [7, 11) is 0. The van der Waals surface area contributed by atoms with E-state index in [0.717, 1.165) is 16.8 Å². The maximum absolute atomic E-state index is 13.0. The first-order valence-corrected chi connectivity index (χ1v) is 7.86. The van der Waals surface area contributed by atoms with E-state index >= 15 is 0 Å². The summed E-state index contributed by atoms with van der Waals surface area (Å²) in [5.74, 6) is -1.18. The van der Waals surface area contributed by atoms with E-state index in [4.69, 9.17) is 5.11 Å². The lowest BCUT2D eigenvalue weighted by Gasteiger charge is -2.02. The second kappa shape index (κ2) is 7.53. The van der Waals surface area contributed by atoms with E-state index < -0.39 is 5.97 Å². The Bertz CT molecular complexity index is 900. The van der Waals surface area contributed by atoms with Gasteiger partial charge in [-0.1, -0.05) is 24.3 Å². The largest absolute Gasteiger partial charge is 0.478 e. The molecule has 0 atom stereocenters. The van der Waals surface area contributed by atoms with Crippen LogP contribution in [0.5, 0.6) is 0 Å². The number of hydrogen-bond acceptors (Lipinski definition) is 1. The van der Waals surface area contributed by atoms with Gasteiger partial charge in [0.25, 0.3) is 0 Å². The van der Waals surface area contributed by atoms with E-state index in [2.05, 4.69) is 4.57 Å². The fourth-order valence-electron chi connectivity index (χ4n) is 2.49. The molecule has 0 bridgehead atoms. The number of hydrogen-bond donors (Lipinski definition) is 1. The number of carboxylic acids is 1. The molecule has 3 aromatic rings. The molecule has 124 valence electrons. The third-order valence-electron chi connectivity index (χ3n) is 3.85. The molecule has 4 heteroatoms. The number of carboxylic acid groups (broad SMARTS) is 1. The normalized spacial score (nSPS) is 10.9. The Kier molecular flexibility index (Phi) is 5.00. The highest BCUT2D eigenvalue weighted by atomic mass is 19.1. The first kappa shape index (κ1) is 16.6. The van der Waals surface area contributed by atoms with Crippen molar-refractivity contribution in [2.75, 3.05) is 0 Å². The summed E-state index contributed by atoms with van der Waals surface area (Å²) in [5.41, 5.74) is 3.20. The van der Waals surface area contributed by atoms with Gasteiger partial charge >= 0.3 is 5.97 Å². The minimum absolute atomic E-state index is 0.253. The highest BCUT2D eigenvalue weighted by Crippen LogP contribution is 2.09. The van der Waals surface area contributed by atoms with Crippen LogP contribution in [0.2, 0.25) is 0 Å². The molecule has 0 fully saturated rings. The molecule has 0 saturated heterocycles. The van der Waals surface area contributed by atoms with Gasteiger partial charge in [-0.3, -0.25) is 0 Å². The first-order chi connectivity index (χ1) is 12.1. The van der Waals surface area contributed by atoms with Crippen LogP contribution in [-0.2, 0) is 6.54 Å². The number of benzene rings is 2. The van der Waals surface area contributed by atoms with E-state index in [9.17, 15) is 9.18 Å². The standard InChI is InChI=1S/C21H16FNO2/c22-19-11-6-16(7-12-19)8-13-20-3-1-2-14-23(20)15-17-4-9-18(10-5-17)21(24)25/h1-14H,15H2/p+1/b13-8+. The van der Waals surface area contributed by atoms with Crippen LogP contribution in [0.15, 0.2) is 72.9 Å². The van der Waals surface area contributed by atoms with Crippen molar-refractivity contribution in [3.8, 4) is 0 Å². The Morgan fingerprint density at radius 1 is 0.960 bits per heavy atom. The van der Waals surface area contributed by atoms with E-state index in [1.54, 1.807) is 24.3 Å². The highest BCUT2D eigenvalue weighted by Gasteiger charge is 2.09. The first-order valence-electron chi connectivity index (χ1n) is 7.86. The minimum atomic E-state index is -0.929. The van der Waals surface area contributed by atoms with Gasteiger partial charge in [0.05, 0.1) is 5.56 Å². The number of nitrogens with zero attached hydrogens (tertiary/aromatic N) is 1. The number of halogens is 1. The molecule has 0 saturated carbocycles. The Balaban J connectivity index is 1.80. The van der Waals surface area contributed by atoms with Crippen LogP contribution in [-0.4, -0.2) is 11.1 Å². The molecule has 2 aromatic carbocycles. The SMILES string of the molecule is O=C(O)c1ccc(C[n+]2ccccc2/C=C/c2ccc(F)cc2)cc1. The molecule has 1 heterocycles. The van der Waals surface area contributed by atoms with Crippen LogP contribution in [0.3, 0.4) is 0 Å². The van der Waals surface area contributed by atoms with Gasteiger partial charge in [0.2, 0.25) is 5.69 Å². The van der Waals surface area contributed by atoms with Crippen molar-refractivity contribution in [1.29, 1.82) is 0 Å². The Morgan fingerprint density at radius 2 is 1.68 bits per heavy atom. The summed E-state index contributed by atoms with van der Waals surface area (Å²) in [4.78, 5) is 10.9. The third kappa shape index (κ3) is 4.38. The van der Waals surface area contributed by atoms with E-state index in [-0.39, 0.29) is 11.4 Å². The van der Waals surface area contributed by atoms with Gasteiger partial charge in [0.15, 0.2) is 12.7 Å². The number of pyridine rings is 1. The van der Waals surface area contributed by atoms with Crippen LogP contribution >= 0.6 is 0 Å². The molecule has 0 radical (unpaired) electrons. The molecular formula is C21H17FNO2+. The maximum atomic E-state index is 13.0. The Morgan fingerprint density at radius 3 is 2.36 bits per heavy atom. The van der Waals surface area contributed by atoms with Gasteiger partial charge in [-0.05, 0) is 42.0 Å². The molecule has 3 nitrogen and oxygen atoms in total. The lowest BCUT2D eigenvalue weighted by molar-refractivity contribution is -0.690. The lowest BCUT2D eigenvalue weighted by Crippen LogP contribution is -2.36. The Labute approximate surface area is 145 Å². The van der Waals surface area contributed by atoms with Gasteiger partial charge in [-0.25, -0.2) is 9.18 Å². The number of aromatic carboxylic acids is 1. The molecule has 0 aliphatic heterocycles. The Hall–Kier alpha value is -3.27. The molecule has 1 aromatic heterocycles. The molecule has 0 aliphatic carbocycles. The fraction of sp³-hybridized carbons (Fsp3) is 0.0476. The van der Waals surface area contributed by atoms with Crippen LogP contribution in [0, 0.1) is 5.82 Å². The zero-order valence-corrected chi connectivity index (χ0v) is 13.5. The second-order valence-corrected chi connectivity index (χ2v) is 5.64. The summed E-state index contributed by atoms with van der Waals surface area (Å²) >= 11 is 0. The number of carbonyl (C=O) groups is 1. The quantitative estimate of drug-likeness (QED) is 0.716. The zero-order chi connectivity index (χ0) is 17.6. The highest BCUT2D eigenvalue weighted by molar-refractivity contribution is 5.87. The average Bonchev–Trinajstić information content (AvgIpc) is 2.63. The van der Waals surface area contributed by atoms with Crippen molar-refractivity contribution < 1.29 is 18.9 Å². The summed E-state index contributed by atoms with van der Waals surface area (Å²) in [6, 6.07) is 19.1. The van der Waals surface area contributed by atoms with Crippen molar-refractivity contribution in [2.24, 2.45) is 0 Å². The summed E-state index contributed by atoms with van der Waals surface area (Å²) in [6.45, 7) is 0.629. The molecule has 3 rings (SSSR count). The summed E-state index contributed by atoms with van der Waals surface area (Å²) in [5, 5.41) is 8.97. The topological polar surface area (TPSA) is 41.2 Å². The zero-order valence-electron chi connectivity index (χ0n) is 13.5. The fourth-order valence-corrected chi connectivity index (χ4v) is 2.49. The van der Waals surface area contributed by atoms with E-state index in [0.29, 0.717) is 6.54 Å². The summed E-state index contributed by atoms with van der Waals surface area (Å²) < 4.78 is 15.0. The van der Waals surface area contributed by atoms with Crippen molar-refractivity contribution in [2.45, 2.75) is 6.54 Å². The second-order valence-electron chi connectivity index (χ2n) is 5.64. The van der Waals surface area contributed by atoms with Crippen LogP contribution in [0.4, 0.5) is 4.39 Å². The monoisotopic (exact) mass is 334 g/mol. The average molecular weight is 334 g/mol. The maximum Gasteiger partial charge on any atom is 0.335 e. The minimum Gasteiger partial charge on any atom is -0.478 e. The summed E-state index contributed by atoms with van der Waals surface area (Å²) in [6.07, 6.45) is 5.87. The predicted octanol–water partition coefficient (Wildman–Crippen LogP) is 4.03. The molecule has 0 amide bonds. The van der Waals surface area contributed by atoms with Gasteiger partial charge in [0, 0.05) is 23.8 Å². The van der Waals surface area contributed by atoms with Gasteiger partial charge in [-0.2, -0.15) is 4.57 Å². The van der Waals surface area contributed by atoms with E-state index in [1.165, 1.54) is 12.1 Å². The van der Waals surface area contributed by atoms with E-state index in [1.807, 2.05) is 48.7 Å². The molecular weight excluding hydrogens is 317 g/mol. The molecule has 0 spiro atoms. The van der Waals surface area contributed by atoms with Crippen LogP contribution < -0.4 is 4.57 Å². The molecule has 0 aliphatic rings. The van der Waals surface area contributed by atoms with Gasteiger partial charge in [-0.15, -0.1) is 0 Å². The third-order valence-corrected chi connectivity index (χ3v) is 3.85. The number of aromatic nitrogens is 1. The molecule has 25 heavy (non-hydrogen) atoms. The van der Waals surface area contributed by atoms with Crippen molar-refractivity contribution >= 4 is 18.1 Å². The van der Waals surface area contributed by atoms with Crippen molar-refractivity contribution in [3.05, 3.63) is 101 Å². The van der Waals surface area contributed by atoms with Crippen molar-refractivity contribution in [3.63, 3.8) is 0 Å². The predicted molar refractivity (Wildman–Crippen MR) is 94.5 cm³/mol. The molecule has 1 N–H and O–H groups in total. The smallest absolute Gasteiger partial charge is 0.335 e. The van der Waals surface area contributed by atoms with Gasteiger partial charge < -0.3 is 5.11 Å². The van der Waals surface area contributed by atoms with Crippen LogP contribution in [0.25, 0.3) is 12.2 Å². The van der Waals surface area contributed by atoms with Crippen molar-refractivity contribution in [1.82, 2.24) is 0 Å². The number of rotatable bonds is 5. The molecule has 0 unspecified atom stereocenters. The van der Waals surface area contributed by atoms with Crippen LogP contribution in [0.1, 0.15) is 27.2 Å². The van der Waals surface area contributed by atoms with Gasteiger partial charge in [0.1, 0.15) is 5.82 Å².